The fraction of sp³-hybridized carbons (Fsp3) is 0.600. The van der Waals surface area contributed by atoms with Gasteiger partial charge in [-0.1, -0.05) is 30.9 Å². The molecule has 19 heavy (non-hydrogen) atoms. The van der Waals surface area contributed by atoms with Crippen molar-refractivity contribution in [3.05, 3.63) is 28.8 Å². The van der Waals surface area contributed by atoms with Gasteiger partial charge in [-0.25, -0.2) is 0 Å². The van der Waals surface area contributed by atoms with Gasteiger partial charge in [-0.05, 0) is 31.0 Å². The van der Waals surface area contributed by atoms with Crippen LogP contribution in [0.1, 0.15) is 43.8 Å². The molecular weight excluding hydrogens is 264 g/mol. The molecule has 1 aromatic rings. The largest absolute Gasteiger partial charge is 0.496 e. The van der Waals surface area contributed by atoms with Crippen LogP contribution in [0.25, 0.3) is 0 Å². The summed E-state index contributed by atoms with van der Waals surface area (Å²) < 4.78 is 11.0. The van der Waals surface area contributed by atoms with E-state index in [1.165, 1.54) is 6.42 Å². The summed E-state index contributed by atoms with van der Waals surface area (Å²) >= 11 is 6.04. The van der Waals surface area contributed by atoms with Crippen molar-refractivity contribution in [2.24, 2.45) is 0 Å². The van der Waals surface area contributed by atoms with Crippen LogP contribution in [0.3, 0.4) is 0 Å². The van der Waals surface area contributed by atoms with E-state index in [4.69, 9.17) is 21.1 Å². The van der Waals surface area contributed by atoms with Crippen LogP contribution in [-0.4, -0.2) is 24.9 Å². The Morgan fingerprint density at radius 1 is 1.21 bits per heavy atom. The highest BCUT2D eigenvalue weighted by Gasteiger charge is 2.41. The van der Waals surface area contributed by atoms with Gasteiger partial charge in [-0.3, -0.25) is 0 Å². The summed E-state index contributed by atoms with van der Waals surface area (Å²) in [4.78, 5) is 0. The maximum absolute atomic E-state index is 10.8. The number of aliphatic hydroxyl groups is 1. The van der Waals surface area contributed by atoms with Gasteiger partial charge in [0, 0.05) is 17.7 Å². The number of hydrogen-bond acceptors (Lipinski definition) is 3. The Labute approximate surface area is 119 Å². The third-order valence-corrected chi connectivity index (χ3v) is 4.33. The molecule has 2 rings (SSSR count). The number of methoxy groups -OCH3 is 2. The van der Waals surface area contributed by atoms with Gasteiger partial charge < -0.3 is 14.6 Å². The van der Waals surface area contributed by atoms with Crippen LogP contribution in [-0.2, 0) is 4.74 Å². The molecule has 1 aromatic carbocycles. The summed E-state index contributed by atoms with van der Waals surface area (Å²) in [5, 5.41) is 11.4. The van der Waals surface area contributed by atoms with Gasteiger partial charge in [0.2, 0.25) is 0 Å². The topological polar surface area (TPSA) is 38.7 Å². The fourth-order valence-electron chi connectivity index (χ4n) is 2.94. The average Bonchev–Trinajstić information content (AvgIpc) is 2.47. The van der Waals surface area contributed by atoms with E-state index in [1.807, 2.05) is 0 Å². The van der Waals surface area contributed by atoms with Crippen LogP contribution in [0.2, 0.25) is 5.02 Å². The SMILES string of the molecule is COc1ccc(Cl)cc1C(O)C1(OC)CCCCC1. The van der Waals surface area contributed by atoms with Gasteiger partial charge in [0.25, 0.3) is 0 Å². The summed E-state index contributed by atoms with van der Waals surface area (Å²) in [7, 11) is 3.27. The second kappa shape index (κ2) is 6.12. The lowest BCUT2D eigenvalue weighted by Crippen LogP contribution is -2.40. The van der Waals surface area contributed by atoms with Gasteiger partial charge in [0.05, 0.1) is 12.7 Å². The molecule has 1 aliphatic carbocycles. The maximum atomic E-state index is 10.8. The van der Waals surface area contributed by atoms with E-state index in [0.29, 0.717) is 16.3 Å². The number of benzene rings is 1. The van der Waals surface area contributed by atoms with E-state index in [2.05, 4.69) is 0 Å². The Morgan fingerprint density at radius 2 is 1.89 bits per heavy atom. The Hall–Kier alpha value is -0.770. The first kappa shape index (κ1) is 14.6. The summed E-state index contributed by atoms with van der Waals surface area (Å²) in [5.41, 5.74) is 0.190. The zero-order chi connectivity index (χ0) is 13.9. The molecule has 0 heterocycles. The van der Waals surface area contributed by atoms with E-state index >= 15 is 0 Å². The molecule has 3 nitrogen and oxygen atoms in total. The minimum atomic E-state index is -0.716. The zero-order valence-electron chi connectivity index (χ0n) is 11.5. The van der Waals surface area contributed by atoms with E-state index in [-0.39, 0.29) is 0 Å². The standard InChI is InChI=1S/C15H21ClO3/c1-18-13-7-6-11(16)10-12(13)14(17)15(19-2)8-4-3-5-9-15/h6-7,10,14,17H,3-5,8-9H2,1-2H3. The normalized spacial score (nSPS) is 20.0. The van der Waals surface area contributed by atoms with E-state index < -0.39 is 11.7 Å². The fourth-order valence-corrected chi connectivity index (χ4v) is 3.12. The van der Waals surface area contributed by atoms with Crippen molar-refractivity contribution < 1.29 is 14.6 Å². The minimum Gasteiger partial charge on any atom is -0.496 e. The summed E-state index contributed by atoms with van der Waals surface area (Å²) in [6.07, 6.45) is 4.36. The van der Waals surface area contributed by atoms with Gasteiger partial charge in [-0.2, -0.15) is 0 Å². The van der Waals surface area contributed by atoms with Crippen molar-refractivity contribution in [3.63, 3.8) is 0 Å². The van der Waals surface area contributed by atoms with Crippen molar-refractivity contribution in [3.8, 4) is 5.75 Å². The molecule has 1 atom stereocenters. The molecule has 1 saturated carbocycles. The van der Waals surface area contributed by atoms with Gasteiger partial charge in [0.1, 0.15) is 11.9 Å². The molecule has 0 radical (unpaired) electrons. The molecule has 4 heteroatoms. The Kier molecular flexibility index (Phi) is 4.71. The van der Waals surface area contributed by atoms with Crippen LogP contribution in [0, 0.1) is 0 Å². The second-order valence-electron chi connectivity index (χ2n) is 5.12. The molecule has 1 fully saturated rings. The molecule has 1 N–H and O–H groups in total. The predicted octanol–water partition coefficient (Wildman–Crippen LogP) is 3.73. The summed E-state index contributed by atoms with van der Waals surface area (Å²) in [6, 6.07) is 5.31. The van der Waals surface area contributed by atoms with Crippen LogP contribution >= 0.6 is 11.6 Å². The first-order chi connectivity index (χ1) is 9.13. The molecule has 0 saturated heterocycles. The van der Waals surface area contributed by atoms with Crippen molar-refractivity contribution in [1.82, 2.24) is 0 Å². The van der Waals surface area contributed by atoms with Crippen LogP contribution in [0.15, 0.2) is 18.2 Å². The summed E-state index contributed by atoms with van der Waals surface area (Å²) in [5.74, 6) is 0.652. The number of hydrogen-bond donors (Lipinski definition) is 1. The van der Waals surface area contributed by atoms with E-state index in [0.717, 1.165) is 25.7 Å². The number of halogens is 1. The van der Waals surface area contributed by atoms with Crippen LogP contribution in [0.5, 0.6) is 5.75 Å². The smallest absolute Gasteiger partial charge is 0.124 e. The van der Waals surface area contributed by atoms with Gasteiger partial charge in [0.15, 0.2) is 0 Å². The van der Waals surface area contributed by atoms with Crippen molar-refractivity contribution in [2.75, 3.05) is 14.2 Å². The monoisotopic (exact) mass is 284 g/mol. The number of aliphatic hydroxyl groups excluding tert-OH is 1. The molecule has 0 aliphatic heterocycles. The lowest BCUT2D eigenvalue weighted by Gasteiger charge is -2.40. The molecule has 0 aromatic heterocycles. The highest BCUT2D eigenvalue weighted by Crippen LogP contribution is 2.43. The first-order valence-electron chi connectivity index (χ1n) is 6.69. The quantitative estimate of drug-likeness (QED) is 0.915. The molecule has 0 amide bonds. The molecule has 1 unspecified atom stereocenters. The number of ether oxygens (including phenoxy) is 2. The average molecular weight is 285 g/mol. The minimum absolute atomic E-state index is 0.518. The lowest BCUT2D eigenvalue weighted by molar-refractivity contribution is -0.125. The zero-order valence-corrected chi connectivity index (χ0v) is 12.2. The highest BCUT2D eigenvalue weighted by atomic mass is 35.5. The Bertz CT molecular complexity index is 427. The third-order valence-electron chi connectivity index (χ3n) is 4.09. The lowest BCUT2D eigenvalue weighted by atomic mass is 9.78. The highest BCUT2D eigenvalue weighted by molar-refractivity contribution is 6.30. The molecule has 0 spiro atoms. The third kappa shape index (κ3) is 2.88. The summed E-state index contributed by atoms with van der Waals surface area (Å²) in [6.45, 7) is 0. The maximum Gasteiger partial charge on any atom is 0.124 e. The van der Waals surface area contributed by atoms with Crippen molar-refractivity contribution in [2.45, 2.75) is 43.8 Å². The predicted molar refractivity (Wildman–Crippen MR) is 75.8 cm³/mol. The van der Waals surface area contributed by atoms with Crippen molar-refractivity contribution in [1.29, 1.82) is 0 Å². The molecule has 1 aliphatic rings. The van der Waals surface area contributed by atoms with Gasteiger partial charge in [-0.15, -0.1) is 0 Å². The van der Waals surface area contributed by atoms with Crippen molar-refractivity contribution >= 4 is 11.6 Å². The van der Waals surface area contributed by atoms with Crippen LogP contribution in [0.4, 0.5) is 0 Å². The Balaban J connectivity index is 2.36. The van der Waals surface area contributed by atoms with E-state index in [9.17, 15) is 5.11 Å². The van der Waals surface area contributed by atoms with E-state index in [1.54, 1.807) is 32.4 Å². The van der Waals surface area contributed by atoms with Gasteiger partial charge >= 0.3 is 0 Å². The number of rotatable bonds is 4. The van der Waals surface area contributed by atoms with Crippen LogP contribution < -0.4 is 4.74 Å². The first-order valence-corrected chi connectivity index (χ1v) is 7.07. The molecular formula is C15H21ClO3. The molecule has 0 bridgehead atoms. The molecule has 106 valence electrons. The second-order valence-corrected chi connectivity index (χ2v) is 5.55. The Morgan fingerprint density at radius 3 is 2.47 bits per heavy atom.